The second-order valence-electron chi connectivity index (χ2n) is 5.40. The smallest absolute Gasteiger partial charge is 0.158 e. The Labute approximate surface area is 139 Å². The van der Waals surface area contributed by atoms with E-state index >= 15 is 0 Å². The maximum Gasteiger partial charge on any atom is 0.158 e. The van der Waals surface area contributed by atoms with E-state index in [4.69, 9.17) is 16.0 Å². The second kappa shape index (κ2) is 7.44. The zero-order valence-electron chi connectivity index (χ0n) is 12.6. The van der Waals surface area contributed by atoms with E-state index in [-0.39, 0.29) is 5.82 Å². The van der Waals surface area contributed by atoms with Crippen LogP contribution in [0.5, 0.6) is 0 Å². The van der Waals surface area contributed by atoms with Crippen molar-refractivity contribution in [2.24, 2.45) is 0 Å². The van der Waals surface area contributed by atoms with Gasteiger partial charge in [0.15, 0.2) is 5.76 Å². The van der Waals surface area contributed by atoms with Gasteiger partial charge in [-0.05, 0) is 48.0 Å². The molecule has 0 aliphatic carbocycles. The molecule has 3 rings (SSSR count). The summed E-state index contributed by atoms with van der Waals surface area (Å²) in [6, 6.07) is 18.4. The van der Waals surface area contributed by atoms with Crippen LogP contribution in [-0.2, 0) is 13.0 Å². The predicted molar refractivity (Wildman–Crippen MR) is 89.8 cm³/mol. The highest BCUT2D eigenvalue weighted by Gasteiger charge is 2.07. The van der Waals surface area contributed by atoms with Crippen LogP contribution in [0.4, 0.5) is 4.39 Å². The summed E-state index contributed by atoms with van der Waals surface area (Å²) in [6.45, 7) is 1.56. The summed E-state index contributed by atoms with van der Waals surface area (Å²) in [7, 11) is 0. The number of quaternary nitrogens is 1. The number of halogens is 2. The van der Waals surface area contributed by atoms with Gasteiger partial charge in [-0.2, -0.15) is 0 Å². The average molecular weight is 331 g/mol. The summed E-state index contributed by atoms with van der Waals surface area (Å²) in [5.74, 6) is 1.60. The SMILES string of the molecule is Fc1ccccc1CC[NH2+]Cc1ccc(-c2ccc(Cl)cc2)o1. The molecular weight excluding hydrogens is 313 g/mol. The molecule has 2 nitrogen and oxygen atoms in total. The first kappa shape index (κ1) is 15.8. The lowest BCUT2D eigenvalue weighted by molar-refractivity contribution is -0.671. The van der Waals surface area contributed by atoms with E-state index in [1.54, 1.807) is 6.07 Å². The van der Waals surface area contributed by atoms with Crippen molar-refractivity contribution < 1.29 is 14.1 Å². The predicted octanol–water partition coefficient (Wildman–Crippen LogP) is 4.05. The van der Waals surface area contributed by atoms with Gasteiger partial charge in [-0.1, -0.05) is 29.8 Å². The average Bonchev–Trinajstić information content (AvgIpc) is 3.03. The zero-order chi connectivity index (χ0) is 16.1. The van der Waals surface area contributed by atoms with E-state index in [1.807, 2.05) is 48.5 Å². The molecule has 0 amide bonds. The number of rotatable bonds is 6. The maximum absolute atomic E-state index is 13.5. The first-order chi connectivity index (χ1) is 11.2. The van der Waals surface area contributed by atoms with Crippen LogP contribution in [-0.4, -0.2) is 6.54 Å². The Bertz CT molecular complexity index is 767. The first-order valence-electron chi connectivity index (χ1n) is 7.62. The van der Waals surface area contributed by atoms with Crippen LogP contribution in [0.25, 0.3) is 11.3 Å². The van der Waals surface area contributed by atoms with Gasteiger partial charge in [0, 0.05) is 17.0 Å². The van der Waals surface area contributed by atoms with E-state index < -0.39 is 0 Å². The van der Waals surface area contributed by atoms with E-state index in [2.05, 4.69) is 5.32 Å². The van der Waals surface area contributed by atoms with Gasteiger partial charge < -0.3 is 9.73 Å². The molecule has 1 heterocycles. The molecule has 0 radical (unpaired) electrons. The third kappa shape index (κ3) is 4.21. The van der Waals surface area contributed by atoms with Gasteiger partial charge in [-0.3, -0.25) is 0 Å². The van der Waals surface area contributed by atoms with Gasteiger partial charge in [0.05, 0.1) is 6.54 Å². The van der Waals surface area contributed by atoms with Crippen molar-refractivity contribution in [2.75, 3.05) is 6.54 Å². The fourth-order valence-corrected chi connectivity index (χ4v) is 2.59. The topological polar surface area (TPSA) is 29.8 Å². The summed E-state index contributed by atoms with van der Waals surface area (Å²) in [5, 5.41) is 2.83. The monoisotopic (exact) mass is 330 g/mol. The van der Waals surface area contributed by atoms with Gasteiger partial charge in [-0.25, -0.2) is 4.39 Å². The lowest BCUT2D eigenvalue weighted by atomic mass is 10.1. The minimum Gasteiger partial charge on any atom is -0.455 e. The molecule has 3 aromatic rings. The molecule has 4 heteroatoms. The number of nitrogens with two attached hydrogens (primary N) is 1. The second-order valence-corrected chi connectivity index (χ2v) is 5.83. The molecule has 0 bridgehead atoms. The van der Waals surface area contributed by atoms with Gasteiger partial charge >= 0.3 is 0 Å². The molecular formula is C19H18ClFNO+. The molecule has 1 aromatic heterocycles. The highest BCUT2D eigenvalue weighted by molar-refractivity contribution is 6.30. The maximum atomic E-state index is 13.5. The third-order valence-electron chi connectivity index (χ3n) is 3.71. The summed E-state index contributed by atoms with van der Waals surface area (Å²) in [5.41, 5.74) is 1.76. The van der Waals surface area contributed by atoms with Crippen molar-refractivity contribution >= 4 is 11.6 Å². The Hall–Kier alpha value is -2.10. The number of furan rings is 1. The van der Waals surface area contributed by atoms with Crippen molar-refractivity contribution in [2.45, 2.75) is 13.0 Å². The highest BCUT2D eigenvalue weighted by Crippen LogP contribution is 2.23. The molecule has 0 atom stereocenters. The lowest BCUT2D eigenvalue weighted by Crippen LogP contribution is -2.83. The Morgan fingerprint density at radius 3 is 2.52 bits per heavy atom. The molecule has 0 spiro atoms. The highest BCUT2D eigenvalue weighted by atomic mass is 35.5. The first-order valence-corrected chi connectivity index (χ1v) is 8.00. The van der Waals surface area contributed by atoms with Crippen LogP contribution < -0.4 is 5.32 Å². The summed E-state index contributed by atoms with van der Waals surface area (Å²) in [6.07, 6.45) is 0.706. The Kier molecular flexibility index (Phi) is 5.11. The molecule has 0 aliphatic rings. The standard InChI is InChI=1S/C19H17ClFNO/c20-16-7-5-15(6-8-16)19-10-9-17(23-19)13-22-12-11-14-3-1-2-4-18(14)21/h1-10,22H,11-13H2/p+1. The molecule has 0 saturated carbocycles. The van der Waals surface area contributed by atoms with Gasteiger partial charge in [0.1, 0.15) is 18.1 Å². The van der Waals surface area contributed by atoms with Crippen LogP contribution in [0, 0.1) is 5.82 Å². The molecule has 2 N–H and O–H groups in total. The molecule has 0 fully saturated rings. The lowest BCUT2D eigenvalue weighted by Gasteiger charge is -2.02. The van der Waals surface area contributed by atoms with Crippen molar-refractivity contribution in [3.63, 3.8) is 0 Å². The van der Waals surface area contributed by atoms with E-state index in [0.717, 1.165) is 35.7 Å². The number of benzene rings is 2. The normalized spacial score (nSPS) is 10.9. The quantitative estimate of drug-likeness (QED) is 0.679. The van der Waals surface area contributed by atoms with Gasteiger partial charge in [-0.15, -0.1) is 0 Å². The number of hydrogen-bond donors (Lipinski definition) is 1. The van der Waals surface area contributed by atoms with Crippen LogP contribution in [0.2, 0.25) is 5.02 Å². The van der Waals surface area contributed by atoms with Crippen molar-refractivity contribution in [1.82, 2.24) is 0 Å². The summed E-state index contributed by atoms with van der Waals surface area (Å²) in [4.78, 5) is 0. The molecule has 0 unspecified atom stereocenters. The molecule has 118 valence electrons. The van der Waals surface area contributed by atoms with E-state index in [0.29, 0.717) is 11.4 Å². The summed E-state index contributed by atoms with van der Waals surface area (Å²) >= 11 is 5.89. The van der Waals surface area contributed by atoms with Crippen LogP contribution in [0.15, 0.2) is 65.1 Å². The largest absolute Gasteiger partial charge is 0.455 e. The Morgan fingerprint density at radius 2 is 1.74 bits per heavy atom. The van der Waals surface area contributed by atoms with Crippen molar-refractivity contribution in [1.29, 1.82) is 0 Å². The van der Waals surface area contributed by atoms with E-state index in [1.165, 1.54) is 6.07 Å². The van der Waals surface area contributed by atoms with E-state index in [9.17, 15) is 4.39 Å². The van der Waals surface area contributed by atoms with Crippen LogP contribution in [0.3, 0.4) is 0 Å². The number of hydrogen-bond acceptors (Lipinski definition) is 1. The molecule has 0 aliphatic heterocycles. The zero-order valence-corrected chi connectivity index (χ0v) is 13.4. The van der Waals surface area contributed by atoms with Crippen molar-refractivity contribution in [3.05, 3.63) is 82.8 Å². The molecule has 2 aromatic carbocycles. The van der Waals surface area contributed by atoms with Gasteiger partial charge in [0.2, 0.25) is 0 Å². The molecule has 0 saturated heterocycles. The fourth-order valence-electron chi connectivity index (χ4n) is 2.46. The van der Waals surface area contributed by atoms with Crippen molar-refractivity contribution in [3.8, 4) is 11.3 Å². The molecule has 23 heavy (non-hydrogen) atoms. The van der Waals surface area contributed by atoms with Crippen LogP contribution in [0.1, 0.15) is 11.3 Å². The minimum absolute atomic E-state index is 0.135. The summed E-state index contributed by atoms with van der Waals surface area (Å²) < 4.78 is 19.4. The third-order valence-corrected chi connectivity index (χ3v) is 3.96. The Morgan fingerprint density at radius 1 is 0.957 bits per heavy atom. The minimum atomic E-state index is -0.135. The Balaban J connectivity index is 1.52. The van der Waals surface area contributed by atoms with Gasteiger partial charge in [0.25, 0.3) is 0 Å². The van der Waals surface area contributed by atoms with Crippen LogP contribution >= 0.6 is 11.6 Å². The fraction of sp³-hybridized carbons (Fsp3) is 0.158.